The van der Waals surface area contributed by atoms with Gasteiger partial charge >= 0.3 is 0 Å². The molecule has 0 aromatic carbocycles. The van der Waals surface area contributed by atoms with Gasteiger partial charge in [0.25, 0.3) is 5.91 Å². The Balaban J connectivity index is 2.77. The van der Waals surface area contributed by atoms with Gasteiger partial charge in [0.1, 0.15) is 0 Å². The lowest BCUT2D eigenvalue weighted by Gasteiger charge is -2.19. The molecule has 0 saturated carbocycles. The molecule has 1 heterocycles. The smallest absolute Gasteiger partial charge is 0.289 e. The maximum atomic E-state index is 11.9. The molecule has 82 valence electrons. The fraction of sp³-hybridized carbons (Fsp3) is 0.364. The summed E-state index contributed by atoms with van der Waals surface area (Å²) in [5.74, 6) is 0.107. The van der Waals surface area contributed by atoms with Crippen molar-refractivity contribution >= 4 is 17.5 Å². The quantitative estimate of drug-likeness (QED) is 0.741. The summed E-state index contributed by atoms with van der Waals surface area (Å²) in [7, 11) is 0. The highest BCUT2D eigenvalue weighted by molar-refractivity contribution is 6.29. The van der Waals surface area contributed by atoms with Crippen molar-refractivity contribution in [3.05, 3.63) is 35.3 Å². The standard InChI is InChI=1S/C11H14ClNO2/c1-4-13(7-8(2)3)11(14)9-5-6-10(12)15-9/h5-6H,2,4,7H2,1,3H3. The Kier molecular flexibility index (Phi) is 3.97. The maximum Gasteiger partial charge on any atom is 0.289 e. The van der Waals surface area contributed by atoms with Crippen LogP contribution in [-0.4, -0.2) is 23.9 Å². The van der Waals surface area contributed by atoms with Crippen LogP contribution in [0.3, 0.4) is 0 Å². The zero-order valence-corrected chi connectivity index (χ0v) is 9.67. The van der Waals surface area contributed by atoms with Crippen LogP contribution in [0.25, 0.3) is 0 Å². The first kappa shape index (κ1) is 11.9. The van der Waals surface area contributed by atoms with Gasteiger partial charge in [0.15, 0.2) is 11.0 Å². The molecule has 0 N–H and O–H groups in total. The van der Waals surface area contributed by atoms with E-state index in [-0.39, 0.29) is 16.9 Å². The topological polar surface area (TPSA) is 33.5 Å². The van der Waals surface area contributed by atoms with Crippen molar-refractivity contribution in [3.8, 4) is 0 Å². The molecule has 0 atom stereocenters. The molecule has 1 aromatic heterocycles. The Hall–Kier alpha value is -1.22. The van der Waals surface area contributed by atoms with Crippen molar-refractivity contribution in [1.29, 1.82) is 0 Å². The molecule has 1 rings (SSSR count). The molecule has 1 aromatic rings. The number of likely N-dealkylation sites (N-methyl/N-ethyl adjacent to an activating group) is 1. The van der Waals surface area contributed by atoms with Crippen LogP contribution in [0.4, 0.5) is 0 Å². The summed E-state index contributed by atoms with van der Waals surface area (Å²) in [6.07, 6.45) is 0. The highest BCUT2D eigenvalue weighted by Gasteiger charge is 2.17. The van der Waals surface area contributed by atoms with E-state index in [0.29, 0.717) is 13.1 Å². The zero-order valence-electron chi connectivity index (χ0n) is 8.92. The van der Waals surface area contributed by atoms with Crippen molar-refractivity contribution in [2.75, 3.05) is 13.1 Å². The summed E-state index contributed by atoms with van der Waals surface area (Å²) in [6, 6.07) is 3.13. The Morgan fingerprint density at radius 1 is 1.60 bits per heavy atom. The summed E-state index contributed by atoms with van der Waals surface area (Å²) in [5, 5.41) is 0.227. The number of nitrogens with zero attached hydrogens (tertiary/aromatic N) is 1. The molecule has 0 aliphatic carbocycles. The number of rotatable bonds is 4. The lowest BCUT2D eigenvalue weighted by molar-refractivity contribution is 0.0746. The fourth-order valence-electron chi connectivity index (χ4n) is 1.24. The molecule has 0 aliphatic rings. The first-order chi connectivity index (χ1) is 7.04. The molecule has 0 bridgehead atoms. The van der Waals surface area contributed by atoms with E-state index in [1.54, 1.807) is 17.0 Å². The predicted molar refractivity (Wildman–Crippen MR) is 60.1 cm³/mol. The summed E-state index contributed by atoms with van der Waals surface area (Å²) >= 11 is 5.60. The van der Waals surface area contributed by atoms with Gasteiger partial charge in [0.05, 0.1) is 0 Å². The predicted octanol–water partition coefficient (Wildman–Crippen LogP) is 2.97. The van der Waals surface area contributed by atoms with E-state index in [9.17, 15) is 4.79 Å². The van der Waals surface area contributed by atoms with Gasteiger partial charge in [0, 0.05) is 13.1 Å². The van der Waals surface area contributed by atoms with E-state index >= 15 is 0 Å². The van der Waals surface area contributed by atoms with Crippen molar-refractivity contribution in [2.24, 2.45) is 0 Å². The molecule has 0 radical (unpaired) electrons. The van der Waals surface area contributed by atoms with E-state index in [1.165, 1.54) is 0 Å². The monoisotopic (exact) mass is 227 g/mol. The second-order valence-electron chi connectivity index (χ2n) is 3.38. The SMILES string of the molecule is C=C(C)CN(CC)C(=O)c1ccc(Cl)o1. The van der Waals surface area contributed by atoms with Crippen molar-refractivity contribution in [3.63, 3.8) is 0 Å². The van der Waals surface area contributed by atoms with Gasteiger partial charge in [-0.15, -0.1) is 0 Å². The van der Waals surface area contributed by atoms with Crippen LogP contribution in [0, 0.1) is 0 Å². The van der Waals surface area contributed by atoms with Crippen LogP contribution in [0.1, 0.15) is 24.4 Å². The highest BCUT2D eigenvalue weighted by atomic mass is 35.5. The molecular weight excluding hydrogens is 214 g/mol. The van der Waals surface area contributed by atoms with E-state index in [4.69, 9.17) is 16.0 Å². The Bertz CT molecular complexity index is 370. The largest absolute Gasteiger partial charge is 0.440 e. The fourth-order valence-corrected chi connectivity index (χ4v) is 1.38. The molecule has 15 heavy (non-hydrogen) atoms. The van der Waals surface area contributed by atoms with Crippen LogP contribution in [0.5, 0.6) is 0 Å². The number of hydrogen-bond donors (Lipinski definition) is 0. The molecule has 0 unspecified atom stereocenters. The number of furan rings is 1. The molecule has 0 aliphatic heterocycles. The van der Waals surface area contributed by atoms with Gasteiger partial charge in [0.2, 0.25) is 0 Å². The number of halogens is 1. The molecule has 4 heteroatoms. The lowest BCUT2D eigenvalue weighted by Crippen LogP contribution is -2.31. The van der Waals surface area contributed by atoms with Crippen LogP contribution < -0.4 is 0 Å². The molecule has 0 spiro atoms. The number of carbonyl (C=O) groups excluding carboxylic acids is 1. The van der Waals surface area contributed by atoms with E-state index in [1.807, 2.05) is 13.8 Å². The lowest BCUT2D eigenvalue weighted by atomic mass is 10.3. The van der Waals surface area contributed by atoms with Gasteiger partial charge in [-0.1, -0.05) is 12.2 Å². The number of amides is 1. The van der Waals surface area contributed by atoms with Crippen LogP contribution >= 0.6 is 11.6 Å². The summed E-state index contributed by atoms with van der Waals surface area (Å²) in [6.45, 7) is 8.71. The normalized spacial score (nSPS) is 10.1. The highest BCUT2D eigenvalue weighted by Crippen LogP contribution is 2.15. The van der Waals surface area contributed by atoms with Crippen LogP contribution in [-0.2, 0) is 0 Å². The maximum absolute atomic E-state index is 11.9. The van der Waals surface area contributed by atoms with Crippen molar-refractivity contribution in [1.82, 2.24) is 4.90 Å². The first-order valence-electron chi connectivity index (χ1n) is 4.73. The third kappa shape index (κ3) is 3.13. The molecule has 3 nitrogen and oxygen atoms in total. The van der Waals surface area contributed by atoms with Gasteiger partial charge in [-0.05, 0) is 37.6 Å². The van der Waals surface area contributed by atoms with Crippen LogP contribution in [0.2, 0.25) is 5.22 Å². The number of carbonyl (C=O) groups is 1. The average molecular weight is 228 g/mol. The summed E-state index contributed by atoms with van der Waals surface area (Å²) in [4.78, 5) is 13.5. The third-order valence-electron chi connectivity index (χ3n) is 1.91. The second kappa shape index (κ2) is 5.03. The van der Waals surface area contributed by atoms with E-state index in [2.05, 4.69) is 6.58 Å². The first-order valence-corrected chi connectivity index (χ1v) is 5.11. The minimum absolute atomic E-state index is 0.160. The van der Waals surface area contributed by atoms with Gasteiger partial charge in [-0.2, -0.15) is 0 Å². The number of hydrogen-bond acceptors (Lipinski definition) is 2. The molecule has 0 fully saturated rings. The van der Waals surface area contributed by atoms with E-state index < -0.39 is 0 Å². The Labute approximate surface area is 94.3 Å². The summed E-state index contributed by atoms with van der Waals surface area (Å²) in [5.41, 5.74) is 0.933. The average Bonchev–Trinajstić information content (AvgIpc) is 2.60. The van der Waals surface area contributed by atoms with Gasteiger partial charge in [-0.3, -0.25) is 4.79 Å². The molecule has 1 amide bonds. The minimum atomic E-state index is -0.160. The summed E-state index contributed by atoms with van der Waals surface area (Å²) < 4.78 is 5.05. The van der Waals surface area contributed by atoms with Crippen LogP contribution in [0.15, 0.2) is 28.7 Å². The molecule has 0 saturated heterocycles. The third-order valence-corrected chi connectivity index (χ3v) is 2.12. The van der Waals surface area contributed by atoms with Crippen molar-refractivity contribution in [2.45, 2.75) is 13.8 Å². The van der Waals surface area contributed by atoms with Crippen molar-refractivity contribution < 1.29 is 9.21 Å². The van der Waals surface area contributed by atoms with Gasteiger partial charge in [-0.25, -0.2) is 0 Å². The Morgan fingerprint density at radius 2 is 2.27 bits per heavy atom. The minimum Gasteiger partial charge on any atom is -0.440 e. The second-order valence-corrected chi connectivity index (χ2v) is 3.75. The molecular formula is C11H14ClNO2. The zero-order chi connectivity index (χ0) is 11.4. The Morgan fingerprint density at radius 3 is 2.67 bits per heavy atom. The van der Waals surface area contributed by atoms with E-state index in [0.717, 1.165) is 5.57 Å². The van der Waals surface area contributed by atoms with Gasteiger partial charge < -0.3 is 9.32 Å².